The van der Waals surface area contributed by atoms with Crippen LogP contribution in [0.1, 0.15) is 125 Å². The summed E-state index contributed by atoms with van der Waals surface area (Å²) in [6.45, 7) is 21.4. The molecule has 1 spiro atoms. The van der Waals surface area contributed by atoms with Gasteiger partial charge < -0.3 is 14.9 Å². The van der Waals surface area contributed by atoms with Crippen LogP contribution >= 0.6 is 0 Å². The first-order valence-electron chi connectivity index (χ1n) is 15.7. The third-order valence-corrected chi connectivity index (χ3v) is 10.5. The molecule has 0 aromatic carbocycles. The van der Waals surface area contributed by atoms with Gasteiger partial charge in [0.1, 0.15) is 5.60 Å². The van der Waals surface area contributed by atoms with E-state index in [1.165, 1.54) is 25.7 Å². The SMILES string of the molecule is C=C(CCC)CCC1=CC2C(=O)C3(C=C(C)C(O)C3C1O)CC[C@@](CC)(OC(=C)CCCCCCC)C2(C)C. The maximum atomic E-state index is 14.6. The van der Waals surface area contributed by atoms with E-state index in [2.05, 4.69) is 53.9 Å². The molecule has 5 unspecified atom stereocenters. The molecule has 3 aliphatic carbocycles. The second kappa shape index (κ2) is 12.9. The van der Waals surface area contributed by atoms with E-state index in [4.69, 9.17) is 4.74 Å². The van der Waals surface area contributed by atoms with Crippen LogP contribution in [-0.2, 0) is 9.53 Å². The molecule has 4 heteroatoms. The van der Waals surface area contributed by atoms with E-state index in [0.717, 1.165) is 61.0 Å². The average molecular weight is 541 g/mol. The maximum Gasteiger partial charge on any atom is 0.150 e. The monoisotopic (exact) mass is 540 g/mol. The minimum absolute atomic E-state index is 0.124. The van der Waals surface area contributed by atoms with Crippen molar-refractivity contribution in [2.24, 2.45) is 22.7 Å². The number of allylic oxidation sites excluding steroid dienone is 4. The Morgan fingerprint density at radius 2 is 1.67 bits per heavy atom. The molecule has 0 aromatic heterocycles. The van der Waals surface area contributed by atoms with Gasteiger partial charge in [-0.2, -0.15) is 0 Å². The fraction of sp³-hybridized carbons (Fsp3) is 0.743. The Kier molecular flexibility index (Phi) is 10.5. The number of hydrogen-bond donors (Lipinski definition) is 2. The van der Waals surface area contributed by atoms with Gasteiger partial charge in [0.25, 0.3) is 0 Å². The molecule has 2 N–H and O–H groups in total. The van der Waals surface area contributed by atoms with Crippen molar-refractivity contribution in [3.63, 3.8) is 0 Å². The molecular formula is C35H56O4. The number of carbonyl (C=O) groups excluding carboxylic acids is 1. The summed E-state index contributed by atoms with van der Waals surface area (Å²) in [4.78, 5) is 14.6. The average Bonchev–Trinajstić information content (AvgIpc) is 3.07. The van der Waals surface area contributed by atoms with Gasteiger partial charge >= 0.3 is 0 Å². The van der Waals surface area contributed by atoms with Crippen LogP contribution in [0.4, 0.5) is 0 Å². The molecule has 6 atom stereocenters. The molecule has 4 nitrogen and oxygen atoms in total. The van der Waals surface area contributed by atoms with Gasteiger partial charge in [-0.1, -0.05) is 97.6 Å². The van der Waals surface area contributed by atoms with Crippen LogP contribution in [0.2, 0.25) is 0 Å². The lowest BCUT2D eigenvalue weighted by molar-refractivity contribution is -0.142. The van der Waals surface area contributed by atoms with Gasteiger partial charge in [-0.15, -0.1) is 0 Å². The second-order valence-corrected chi connectivity index (χ2v) is 13.3. The number of fused-ring (bicyclic) bond motifs is 1. The molecule has 0 aromatic rings. The number of rotatable bonds is 14. The summed E-state index contributed by atoms with van der Waals surface area (Å²) in [6.07, 6.45) is 14.6. The van der Waals surface area contributed by atoms with Gasteiger partial charge in [-0.25, -0.2) is 0 Å². The van der Waals surface area contributed by atoms with Crippen LogP contribution < -0.4 is 0 Å². The maximum absolute atomic E-state index is 14.6. The number of aliphatic hydroxyl groups is 2. The van der Waals surface area contributed by atoms with E-state index >= 15 is 0 Å². The van der Waals surface area contributed by atoms with Crippen molar-refractivity contribution in [3.8, 4) is 0 Å². The minimum Gasteiger partial charge on any atom is -0.492 e. The number of carbonyl (C=O) groups is 1. The van der Waals surface area contributed by atoms with Gasteiger partial charge in [-0.3, -0.25) is 4.79 Å². The van der Waals surface area contributed by atoms with Crippen LogP contribution in [0, 0.1) is 22.7 Å². The van der Waals surface area contributed by atoms with Gasteiger partial charge in [0.2, 0.25) is 0 Å². The third-order valence-electron chi connectivity index (χ3n) is 10.5. The Morgan fingerprint density at radius 3 is 2.31 bits per heavy atom. The normalized spacial score (nSPS) is 33.5. The van der Waals surface area contributed by atoms with E-state index in [9.17, 15) is 15.0 Å². The summed E-state index contributed by atoms with van der Waals surface area (Å²) >= 11 is 0. The molecule has 0 aliphatic heterocycles. The first-order valence-corrected chi connectivity index (χ1v) is 15.7. The highest BCUT2D eigenvalue weighted by molar-refractivity contribution is 5.93. The molecule has 3 aliphatic rings. The molecule has 3 rings (SSSR count). The zero-order valence-electron chi connectivity index (χ0n) is 25.8. The molecule has 39 heavy (non-hydrogen) atoms. The zero-order chi connectivity index (χ0) is 29.0. The number of aliphatic hydroxyl groups excluding tert-OH is 2. The van der Waals surface area contributed by atoms with Crippen LogP contribution in [0.5, 0.6) is 0 Å². The van der Waals surface area contributed by atoms with Crippen molar-refractivity contribution in [1.29, 1.82) is 0 Å². The molecule has 220 valence electrons. The van der Waals surface area contributed by atoms with E-state index in [0.29, 0.717) is 19.3 Å². The Labute approximate surface area is 238 Å². The van der Waals surface area contributed by atoms with Crippen molar-refractivity contribution in [3.05, 3.63) is 47.8 Å². The first kappa shape index (κ1) is 31.9. The standard InChI is InChI=1S/C35H56O4/c1-9-12-13-14-15-17-26(6)39-35(11-3)21-20-34-23-25(5)30(36)29(34)31(37)27(19-18-24(4)16-10-2)22-28(32(34)38)33(35,7)8/h22-23,28-31,36-37H,4,6,9-21H2,1-3,5,7-8H3/t28?,29?,30?,31?,34?,35-/m1/s1. The topological polar surface area (TPSA) is 66.8 Å². The molecule has 0 heterocycles. The number of ketones is 1. The molecule has 1 saturated carbocycles. The summed E-state index contributed by atoms with van der Waals surface area (Å²) in [5.41, 5.74) is 0.843. The van der Waals surface area contributed by atoms with E-state index < -0.39 is 40.5 Å². The Hall–Kier alpha value is -1.65. The first-order chi connectivity index (χ1) is 18.4. The lowest BCUT2D eigenvalue weighted by atomic mass is 9.63. The van der Waals surface area contributed by atoms with Crippen LogP contribution in [0.25, 0.3) is 0 Å². The van der Waals surface area contributed by atoms with Crippen molar-refractivity contribution in [2.75, 3.05) is 0 Å². The molecule has 0 radical (unpaired) electrons. The van der Waals surface area contributed by atoms with Gasteiger partial charge in [-0.05, 0) is 63.0 Å². The summed E-state index contributed by atoms with van der Waals surface area (Å²) < 4.78 is 6.88. The molecule has 0 amide bonds. The number of Topliss-reactive ketones (excluding diaryl/α,β-unsaturated/α-hetero) is 1. The highest BCUT2D eigenvalue weighted by Crippen LogP contribution is 2.61. The van der Waals surface area contributed by atoms with E-state index in [1.54, 1.807) is 0 Å². The summed E-state index contributed by atoms with van der Waals surface area (Å²) in [7, 11) is 0. The lowest BCUT2D eigenvalue weighted by Crippen LogP contribution is -2.51. The van der Waals surface area contributed by atoms with E-state index in [-0.39, 0.29) is 5.78 Å². The summed E-state index contributed by atoms with van der Waals surface area (Å²) in [5, 5.41) is 23.1. The highest BCUT2D eigenvalue weighted by atomic mass is 16.5. The van der Waals surface area contributed by atoms with Gasteiger partial charge in [0.05, 0.1) is 23.4 Å². The highest BCUT2D eigenvalue weighted by Gasteiger charge is 2.65. The predicted molar refractivity (Wildman–Crippen MR) is 161 cm³/mol. The zero-order valence-corrected chi connectivity index (χ0v) is 25.8. The van der Waals surface area contributed by atoms with Crippen LogP contribution in [0.15, 0.2) is 47.8 Å². The Balaban J connectivity index is 2.01. The third kappa shape index (κ3) is 6.03. The number of ether oxygens (including phenoxy) is 1. The van der Waals surface area contributed by atoms with E-state index in [1.807, 2.05) is 13.0 Å². The van der Waals surface area contributed by atoms with Crippen molar-refractivity contribution >= 4 is 5.78 Å². The fourth-order valence-corrected chi connectivity index (χ4v) is 7.83. The molecule has 1 fully saturated rings. The van der Waals surface area contributed by atoms with Crippen molar-refractivity contribution in [2.45, 2.75) is 143 Å². The Bertz CT molecular complexity index is 971. The predicted octanol–water partition coefficient (Wildman–Crippen LogP) is 8.39. The van der Waals surface area contributed by atoms with Crippen molar-refractivity contribution in [1.82, 2.24) is 0 Å². The second-order valence-electron chi connectivity index (χ2n) is 13.3. The number of hydrogen-bond acceptors (Lipinski definition) is 4. The quantitative estimate of drug-likeness (QED) is 0.132. The summed E-state index contributed by atoms with van der Waals surface area (Å²) in [5.74, 6) is -0.0546. The fourth-order valence-electron chi connectivity index (χ4n) is 7.83. The van der Waals surface area contributed by atoms with Gasteiger partial charge in [0, 0.05) is 23.7 Å². The largest absolute Gasteiger partial charge is 0.492 e. The molecule has 2 bridgehead atoms. The van der Waals surface area contributed by atoms with Crippen molar-refractivity contribution < 1.29 is 19.7 Å². The Morgan fingerprint density at radius 1 is 0.974 bits per heavy atom. The van der Waals surface area contributed by atoms with Crippen LogP contribution in [0.3, 0.4) is 0 Å². The lowest BCUT2D eigenvalue weighted by Gasteiger charge is -2.48. The summed E-state index contributed by atoms with van der Waals surface area (Å²) in [6, 6.07) is 0. The number of unbranched alkanes of at least 4 members (excludes halogenated alkanes) is 4. The molecule has 0 saturated heterocycles. The smallest absolute Gasteiger partial charge is 0.150 e. The van der Waals surface area contributed by atoms with Crippen LogP contribution in [-0.4, -0.2) is 33.8 Å². The molecular weight excluding hydrogens is 484 g/mol. The minimum atomic E-state index is -0.898. The van der Waals surface area contributed by atoms with Gasteiger partial charge in [0.15, 0.2) is 5.78 Å².